The van der Waals surface area contributed by atoms with Crippen LogP contribution in [0.25, 0.3) is 0 Å². The lowest BCUT2D eigenvalue weighted by atomic mass is 10.2. The van der Waals surface area contributed by atoms with Crippen LogP contribution in [0, 0.1) is 0 Å². The van der Waals surface area contributed by atoms with Gasteiger partial charge in [0.25, 0.3) is 0 Å². The standard InChI is InChI=1S/C8H7ClN2S2/c9-7-2-1-6(13-7)8(10)5-3-12-4-11-5/h1-4,8H,10H2. The molecule has 0 spiro atoms. The Morgan fingerprint density at radius 1 is 1.46 bits per heavy atom. The van der Waals surface area contributed by atoms with Crippen molar-refractivity contribution in [1.29, 1.82) is 0 Å². The van der Waals surface area contributed by atoms with Gasteiger partial charge in [-0.15, -0.1) is 22.7 Å². The van der Waals surface area contributed by atoms with E-state index >= 15 is 0 Å². The van der Waals surface area contributed by atoms with Gasteiger partial charge in [0, 0.05) is 10.3 Å². The summed E-state index contributed by atoms with van der Waals surface area (Å²) in [6.45, 7) is 0. The highest BCUT2D eigenvalue weighted by molar-refractivity contribution is 7.16. The van der Waals surface area contributed by atoms with Gasteiger partial charge in [-0.05, 0) is 12.1 Å². The van der Waals surface area contributed by atoms with E-state index in [9.17, 15) is 0 Å². The monoisotopic (exact) mass is 230 g/mol. The van der Waals surface area contributed by atoms with Crippen molar-refractivity contribution in [2.75, 3.05) is 0 Å². The Labute approximate surface area is 89.0 Å². The number of nitrogens with two attached hydrogens (primary N) is 1. The first kappa shape index (κ1) is 9.15. The van der Waals surface area contributed by atoms with Gasteiger partial charge in [-0.25, -0.2) is 4.98 Å². The van der Waals surface area contributed by atoms with Crippen molar-refractivity contribution in [2.45, 2.75) is 6.04 Å². The molecule has 13 heavy (non-hydrogen) atoms. The molecule has 0 saturated heterocycles. The molecule has 0 bridgehead atoms. The predicted octanol–water partition coefficient (Wildman–Crippen LogP) is 2.91. The van der Waals surface area contributed by atoms with Gasteiger partial charge in [-0.3, -0.25) is 0 Å². The highest BCUT2D eigenvalue weighted by atomic mass is 35.5. The summed E-state index contributed by atoms with van der Waals surface area (Å²) in [6, 6.07) is 3.66. The fourth-order valence-corrected chi connectivity index (χ4v) is 2.68. The van der Waals surface area contributed by atoms with Gasteiger partial charge in [-0.2, -0.15) is 0 Å². The third-order valence-corrected chi connectivity index (χ3v) is 3.59. The van der Waals surface area contributed by atoms with Crippen LogP contribution in [0.5, 0.6) is 0 Å². The molecule has 1 atom stereocenters. The topological polar surface area (TPSA) is 38.9 Å². The van der Waals surface area contributed by atoms with Gasteiger partial charge >= 0.3 is 0 Å². The molecule has 2 aromatic heterocycles. The van der Waals surface area contributed by atoms with Crippen LogP contribution in [0.3, 0.4) is 0 Å². The van der Waals surface area contributed by atoms with Crippen LogP contribution in [0.1, 0.15) is 16.6 Å². The van der Waals surface area contributed by atoms with Crippen LogP contribution >= 0.6 is 34.3 Å². The van der Waals surface area contributed by atoms with Crippen LogP contribution in [0.15, 0.2) is 23.0 Å². The lowest BCUT2D eigenvalue weighted by Crippen LogP contribution is -2.10. The van der Waals surface area contributed by atoms with Gasteiger partial charge in [0.2, 0.25) is 0 Å². The van der Waals surface area contributed by atoms with E-state index in [1.807, 2.05) is 17.5 Å². The zero-order valence-corrected chi connectivity index (χ0v) is 8.99. The minimum atomic E-state index is -0.135. The predicted molar refractivity (Wildman–Crippen MR) is 57.5 cm³/mol. The Bertz CT molecular complexity index is 383. The Hall–Kier alpha value is -0.420. The molecule has 0 fully saturated rings. The van der Waals surface area contributed by atoms with E-state index in [0.717, 1.165) is 14.9 Å². The number of halogens is 1. The number of aromatic nitrogens is 1. The SMILES string of the molecule is NC(c1cscn1)c1ccc(Cl)s1. The van der Waals surface area contributed by atoms with E-state index in [1.54, 1.807) is 16.8 Å². The van der Waals surface area contributed by atoms with E-state index in [2.05, 4.69) is 4.98 Å². The number of nitrogens with zero attached hydrogens (tertiary/aromatic N) is 1. The summed E-state index contributed by atoms with van der Waals surface area (Å²) in [6.07, 6.45) is 0. The molecule has 0 aliphatic heterocycles. The molecule has 0 aliphatic rings. The minimum Gasteiger partial charge on any atom is -0.318 e. The highest BCUT2D eigenvalue weighted by Gasteiger charge is 2.12. The molecular formula is C8H7ClN2S2. The van der Waals surface area contributed by atoms with Crippen LogP contribution in [-0.2, 0) is 0 Å². The van der Waals surface area contributed by atoms with Crippen LogP contribution in [-0.4, -0.2) is 4.98 Å². The van der Waals surface area contributed by atoms with E-state index in [0.29, 0.717) is 0 Å². The van der Waals surface area contributed by atoms with Crippen molar-refractivity contribution in [3.05, 3.63) is 37.9 Å². The Morgan fingerprint density at radius 3 is 2.85 bits per heavy atom. The van der Waals surface area contributed by atoms with Crippen LogP contribution < -0.4 is 5.73 Å². The summed E-state index contributed by atoms with van der Waals surface area (Å²) >= 11 is 8.86. The number of hydrogen-bond acceptors (Lipinski definition) is 4. The van der Waals surface area contributed by atoms with Crippen molar-refractivity contribution in [3.63, 3.8) is 0 Å². The largest absolute Gasteiger partial charge is 0.318 e. The molecule has 2 aromatic rings. The lowest BCUT2D eigenvalue weighted by Gasteiger charge is -2.04. The summed E-state index contributed by atoms with van der Waals surface area (Å²) < 4.78 is 0.765. The van der Waals surface area contributed by atoms with Crippen molar-refractivity contribution in [2.24, 2.45) is 5.73 Å². The fraction of sp³-hybridized carbons (Fsp3) is 0.125. The average Bonchev–Trinajstić information content (AvgIpc) is 2.72. The number of hydrogen-bond donors (Lipinski definition) is 1. The van der Waals surface area contributed by atoms with Crippen LogP contribution in [0.2, 0.25) is 4.34 Å². The van der Waals surface area contributed by atoms with Gasteiger partial charge < -0.3 is 5.73 Å². The molecular weight excluding hydrogens is 224 g/mol. The molecule has 0 aromatic carbocycles. The molecule has 68 valence electrons. The van der Waals surface area contributed by atoms with Crippen molar-refractivity contribution in [1.82, 2.24) is 4.98 Å². The smallest absolute Gasteiger partial charge is 0.0931 e. The maximum atomic E-state index is 5.97. The number of rotatable bonds is 2. The summed E-state index contributed by atoms with van der Waals surface area (Å²) in [5, 5.41) is 1.96. The quantitative estimate of drug-likeness (QED) is 0.862. The fourth-order valence-electron chi connectivity index (χ4n) is 1.02. The molecule has 0 aliphatic carbocycles. The maximum Gasteiger partial charge on any atom is 0.0931 e. The molecule has 0 radical (unpaired) electrons. The van der Waals surface area contributed by atoms with Gasteiger partial charge in [-0.1, -0.05) is 11.6 Å². The third-order valence-electron chi connectivity index (χ3n) is 1.67. The number of thiophene rings is 1. The summed E-state index contributed by atoms with van der Waals surface area (Å²) in [5.74, 6) is 0. The molecule has 2 heterocycles. The van der Waals surface area contributed by atoms with Crippen molar-refractivity contribution in [3.8, 4) is 0 Å². The third kappa shape index (κ3) is 1.91. The molecule has 2 nitrogen and oxygen atoms in total. The average molecular weight is 231 g/mol. The van der Waals surface area contributed by atoms with Crippen LogP contribution in [0.4, 0.5) is 0 Å². The molecule has 2 N–H and O–H groups in total. The lowest BCUT2D eigenvalue weighted by molar-refractivity contribution is 0.858. The van der Waals surface area contributed by atoms with Gasteiger partial charge in [0.05, 0.1) is 21.6 Å². The Kier molecular flexibility index (Phi) is 2.64. The van der Waals surface area contributed by atoms with Crippen molar-refractivity contribution >= 4 is 34.3 Å². The highest BCUT2D eigenvalue weighted by Crippen LogP contribution is 2.29. The Balaban J connectivity index is 2.28. The summed E-state index contributed by atoms with van der Waals surface area (Å²) in [4.78, 5) is 5.21. The first-order valence-electron chi connectivity index (χ1n) is 3.66. The number of thiazole rings is 1. The van der Waals surface area contributed by atoms with E-state index in [-0.39, 0.29) is 6.04 Å². The van der Waals surface area contributed by atoms with E-state index in [1.165, 1.54) is 11.3 Å². The summed E-state index contributed by atoms with van der Waals surface area (Å²) in [7, 11) is 0. The maximum absolute atomic E-state index is 5.97. The first-order chi connectivity index (χ1) is 6.27. The van der Waals surface area contributed by atoms with Crippen molar-refractivity contribution < 1.29 is 0 Å². The second-order valence-electron chi connectivity index (χ2n) is 2.53. The molecule has 0 amide bonds. The zero-order chi connectivity index (χ0) is 9.26. The van der Waals surface area contributed by atoms with E-state index in [4.69, 9.17) is 17.3 Å². The van der Waals surface area contributed by atoms with Gasteiger partial charge in [0.15, 0.2) is 0 Å². The Morgan fingerprint density at radius 2 is 2.31 bits per heavy atom. The van der Waals surface area contributed by atoms with Gasteiger partial charge in [0.1, 0.15) is 0 Å². The van der Waals surface area contributed by atoms with E-state index < -0.39 is 0 Å². The zero-order valence-electron chi connectivity index (χ0n) is 6.61. The molecule has 0 saturated carbocycles. The molecule has 1 unspecified atom stereocenters. The second-order valence-corrected chi connectivity index (χ2v) is 5.00. The normalized spacial score (nSPS) is 13.1. The summed E-state index contributed by atoms with van der Waals surface area (Å²) in [5.41, 5.74) is 8.66. The molecule has 5 heteroatoms. The first-order valence-corrected chi connectivity index (χ1v) is 5.80. The molecule has 2 rings (SSSR count). The second kappa shape index (κ2) is 3.75. The minimum absolute atomic E-state index is 0.135.